The summed E-state index contributed by atoms with van der Waals surface area (Å²) < 4.78 is 1.48. The summed E-state index contributed by atoms with van der Waals surface area (Å²) in [5.74, 6) is -1.34. The molecular formula is C22H19N5O5. The van der Waals surface area contributed by atoms with E-state index in [0.717, 1.165) is 5.56 Å². The molecule has 1 aliphatic rings. The first kappa shape index (κ1) is 20.8. The summed E-state index contributed by atoms with van der Waals surface area (Å²) in [7, 11) is 0. The molecule has 0 spiro atoms. The molecule has 0 atom stereocenters. The summed E-state index contributed by atoms with van der Waals surface area (Å²) >= 11 is 0. The van der Waals surface area contributed by atoms with Crippen molar-refractivity contribution in [1.29, 1.82) is 0 Å². The zero-order valence-corrected chi connectivity index (χ0v) is 16.8. The summed E-state index contributed by atoms with van der Waals surface area (Å²) in [6, 6.07) is 13.8. The molecule has 0 unspecified atom stereocenters. The van der Waals surface area contributed by atoms with Crippen molar-refractivity contribution >= 4 is 35.2 Å². The van der Waals surface area contributed by atoms with Gasteiger partial charge in [-0.15, -0.1) is 0 Å². The van der Waals surface area contributed by atoms with Crippen LogP contribution in [-0.4, -0.2) is 45.8 Å². The Morgan fingerprint density at radius 2 is 1.94 bits per heavy atom. The maximum Gasteiger partial charge on any atom is 0.323 e. The second kappa shape index (κ2) is 8.72. The summed E-state index contributed by atoms with van der Waals surface area (Å²) in [4.78, 5) is 40.6. The van der Waals surface area contributed by atoms with Gasteiger partial charge in [-0.05, 0) is 17.7 Å². The predicted molar refractivity (Wildman–Crippen MR) is 118 cm³/mol. The topological polar surface area (TPSA) is 130 Å². The van der Waals surface area contributed by atoms with Gasteiger partial charge in [0.25, 0.3) is 11.6 Å². The van der Waals surface area contributed by atoms with Crippen LogP contribution in [0.5, 0.6) is 0 Å². The van der Waals surface area contributed by atoms with Gasteiger partial charge in [0.1, 0.15) is 12.2 Å². The van der Waals surface area contributed by atoms with Crippen LogP contribution in [0.2, 0.25) is 0 Å². The molecule has 1 aromatic heterocycles. The number of carboxylic acid groups (broad SMARTS) is 1. The number of rotatable bonds is 7. The van der Waals surface area contributed by atoms with Crippen LogP contribution in [0.4, 0.5) is 17.1 Å². The lowest BCUT2D eigenvalue weighted by Crippen LogP contribution is -2.33. The second-order valence-electron chi connectivity index (χ2n) is 7.15. The number of nitrogens with one attached hydrogen (secondary N) is 1. The number of aliphatic carboxylic acids is 1. The fraction of sp³-hybridized carbons (Fsp3) is 0.136. The molecular weight excluding hydrogens is 414 g/mol. The molecule has 0 saturated carbocycles. The lowest BCUT2D eigenvalue weighted by Gasteiger charge is -2.26. The number of carbonyl (C=O) groups is 2. The first-order valence-electron chi connectivity index (χ1n) is 9.74. The minimum Gasteiger partial charge on any atom is -0.480 e. The number of carbonyl (C=O) groups excluding carboxylic acids is 1. The van der Waals surface area contributed by atoms with Gasteiger partial charge < -0.3 is 19.9 Å². The average molecular weight is 433 g/mol. The summed E-state index contributed by atoms with van der Waals surface area (Å²) in [6.45, 7) is 0.358. The Balaban J connectivity index is 1.64. The molecule has 2 aromatic carbocycles. The van der Waals surface area contributed by atoms with Gasteiger partial charge >= 0.3 is 5.97 Å². The predicted octanol–water partition coefficient (Wildman–Crippen LogP) is 2.92. The lowest BCUT2D eigenvalue weighted by molar-refractivity contribution is -0.384. The molecule has 2 heterocycles. The maximum absolute atomic E-state index is 12.5. The average Bonchev–Trinajstić information content (AvgIpc) is 3.27. The van der Waals surface area contributed by atoms with Crippen molar-refractivity contribution in [3.63, 3.8) is 0 Å². The van der Waals surface area contributed by atoms with E-state index in [1.54, 1.807) is 17.2 Å². The van der Waals surface area contributed by atoms with E-state index in [9.17, 15) is 24.8 Å². The number of hydrogen-bond donors (Lipinski definition) is 2. The molecule has 3 aromatic rings. The van der Waals surface area contributed by atoms with E-state index in [0.29, 0.717) is 23.5 Å². The van der Waals surface area contributed by atoms with Gasteiger partial charge in [0.15, 0.2) is 0 Å². The van der Waals surface area contributed by atoms with Crippen molar-refractivity contribution in [3.8, 4) is 5.69 Å². The number of aliphatic imine (C=N–C) groups is 1. The molecule has 0 aliphatic carbocycles. The lowest BCUT2D eigenvalue weighted by atomic mass is 10.1. The second-order valence-corrected chi connectivity index (χ2v) is 7.15. The van der Waals surface area contributed by atoms with Crippen molar-refractivity contribution in [2.45, 2.75) is 6.54 Å². The molecule has 162 valence electrons. The molecule has 32 heavy (non-hydrogen) atoms. The third-order valence-corrected chi connectivity index (χ3v) is 5.00. The van der Waals surface area contributed by atoms with Crippen molar-refractivity contribution < 1.29 is 19.6 Å². The van der Waals surface area contributed by atoms with Crippen LogP contribution in [-0.2, 0) is 11.3 Å². The standard InChI is InChI=1S/C22H19N5O5/c28-21(29)14-26-9-7-23-17-10-20(27(31)32)19(11-18(17)26)25-8-6-16(13-25)22(30)24-12-15-4-2-1-3-5-15/h1-8,10-11,13H,9,12,14H2,(H,24,30)(H,28,29). The van der Waals surface area contributed by atoms with E-state index in [4.69, 9.17) is 0 Å². The largest absolute Gasteiger partial charge is 0.480 e. The van der Waals surface area contributed by atoms with E-state index in [-0.39, 0.29) is 30.4 Å². The van der Waals surface area contributed by atoms with Crippen molar-refractivity contribution in [2.75, 3.05) is 18.0 Å². The van der Waals surface area contributed by atoms with Crippen LogP contribution in [0.25, 0.3) is 5.69 Å². The monoisotopic (exact) mass is 433 g/mol. The molecule has 0 bridgehead atoms. The third-order valence-electron chi connectivity index (χ3n) is 5.00. The van der Waals surface area contributed by atoms with E-state index in [1.807, 2.05) is 30.3 Å². The Hall–Kier alpha value is -4.47. The number of fused-ring (bicyclic) bond motifs is 1. The minimum atomic E-state index is -1.02. The Morgan fingerprint density at radius 1 is 1.16 bits per heavy atom. The van der Waals surface area contributed by atoms with Crippen LogP contribution >= 0.6 is 0 Å². The number of nitro benzene ring substituents is 1. The highest BCUT2D eigenvalue weighted by Gasteiger charge is 2.25. The Morgan fingerprint density at radius 3 is 2.66 bits per heavy atom. The zero-order chi connectivity index (χ0) is 22.7. The fourth-order valence-corrected chi connectivity index (χ4v) is 3.47. The highest BCUT2D eigenvalue weighted by Crippen LogP contribution is 2.38. The molecule has 0 radical (unpaired) electrons. The van der Waals surface area contributed by atoms with Crippen LogP contribution in [0.1, 0.15) is 15.9 Å². The summed E-state index contributed by atoms with van der Waals surface area (Å²) in [5.41, 5.74) is 2.09. The molecule has 1 amide bonds. The van der Waals surface area contributed by atoms with Gasteiger partial charge in [-0.1, -0.05) is 30.3 Å². The molecule has 10 nitrogen and oxygen atoms in total. The number of hydrogen-bond acceptors (Lipinski definition) is 6. The van der Waals surface area contributed by atoms with Crippen molar-refractivity contribution in [1.82, 2.24) is 9.88 Å². The normalized spacial score (nSPS) is 12.3. The molecule has 0 saturated heterocycles. The van der Waals surface area contributed by atoms with Gasteiger partial charge in [-0.25, -0.2) is 0 Å². The number of nitro groups is 1. The van der Waals surface area contributed by atoms with Crippen LogP contribution in [0.3, 0.4) is 0 Å². The molecule has 10 heteroatoms. The quantitative estimate of drug-likeness (QED) is 0.435. The Kier molecular flexibility index (Phi) is 5.67. The SMILES string of the molecule is O=C(O)CN1CC=Nc2cc([N+](=O)[O-])c(-n3ccc(C(=O)NCc4ccccc4)c3)cc21. The minimum absolute atomic E-state index is 0.204. The number of amides is 1. The molecule has 4 rings (SSSR count). The van der Waals surface area contributed by atoms with Crippen molar-refractivity contribution in [2.24, 2.45) is 4.99 Å². The highest BCUT2D eigenvalue weighted by atomic mass is 16.6. The maximum atomic E-state index is 12.5. The van der Waals surface area contributed by atoms with Gasteiger partial charge in [0.05, 0.1) is 28.4 Å². The van der Waals surface area contributed by atoms with E-state index >= 15 is 0 Å². The zero-order valence-electron chi connectivity index (χ0n) is 16.8. The van der Waals surface area contributed by atoms with Gasteiger partial charge in [0.2, 0.25) is 0 Å². The summed E-state index contributed by atoms with van der Waals surface area (Å²) in [6.07, 6.45) is 4.57. The van der Waals surface area contributed by atoms with Crippen LogP contribution in [0.15, 0.2) is 65.9 Å². The first-order valence-corrected chi connectivity index (χ1v) is 9.74. The van der Waals surface area contributed by atoms with E-state index < -0.39 is 10.9 Å². The van der Waals surface area contributed by atoms with Gasteiger partial charge in [0, 0.05) is 31.2 Å². The smallest absolute Gasteiger partial charge is 0.323 e. The van der Waals surface area contributed by atoms with Gasteiger partial charge in [-0.2, -0.15) is 0 Å². The summed E-state index contributed by atoms with van der Waals surface area (Å²) in [5, 5.41) is 23.7. The molecule has 1 aliphatic heterocycles. The fourth-order valence-electron chi connectivity index (χ4n) is 3.47. The van der Waals surface area contributed by atoms with Gasteiger partial charge in [-0.3, -0.25) is 24.7 Å². The molecule has 2 N–H and O–H groups in total. The first-order chi connectivity index (χ1) is 15.4. The van der Waals surface area contributed by atoms with E-state index in [1.165, 1.54) is 29.1 Å². The van der Waals surface area contributed by atoms with Crippen molar-refractivity contribution in [3.05, 3.63) is 82.2 Å². The highest BCUT2D eigenvalue weighted by molar-refractivity contribution is 5.94. The third kappa shape index (κ3) is 4.33. The number of anilines is 1. The Labute approximate surface area is 182 Å². The Bertz CT molecular complexity index is 1220. The molecule has 0 fully saturated rings. The van der Waals surface area contributed by atoms with Crippen LogP contribution < -0.4 is 10.2 Å². The number of aromatic nitrogens is 1. The number of nitrogens with zero attached hydrogens (tertiary/aromatic N) is 4. The van der Waals surface area contributed by atoms with Crippen LogP contribution in [0, 0.1) is 10.1 Å². The number of carboxylic acids is 1. The number of benzene rings is 2. The van der Waals surface area contributed by atoms with E-state index in [2.05, 4.69) is 10.3 Å².